The van der Waals surface area contributed by atoms with E-state index in [2.05, 4.69) is 45.7 Å². The average molecular weight is 682 g/mol. The van der Waals surface area contributed by atoms with Crippen molar-refractivity contribution in [3.05, 3.63) is 123 Å². The summed E-state index contributed by atoms with van der Waals surface area (Å²) in [6.07, 6.45) is 1.76. The molecule has 0 aliphatic carbocycles. The fraction of sp³-hybridized carbons (Fsp3) is 0.194. The second kappa shape index (κ2) is 11.7. The Morgan fingerprint density at radius 2 is 1.75 bits per heavy atom. The highest BCUT2D eigenvalue weighted by Gasteiger charge is 2.35. The zero-order valence-electron chi connectivity index (χ0n) is 22.0. The molecular weight excluding hydrogens is 656 g/mol. The quantitative estimate of drug-likeness (QED) is 0.243. The number of fused-ring (bicyclic) bond motifs is 1. The van der Waals surface area contributed by atoms with E-state index in [1.807, 2.05) is 54.6 Å². The Bertz CT molecular complexity index is 1780. The lowest BCUT2D eigenvalue weighted by molar-refractivity contribution is -0.138. The maximum atomic E-state index is 14.0. The molecular formula is C31H26Br2N2O4S. The number of thiazole rings is 1. The summed E-state index contributed by atoms with van der Waals surface area (Å²) >= 11 is 7.97. The van der Waals surface area contributed by atoms with Crippen LogP contribution in [-0.2, 0) is 9.53 Å². The van der Waals surface area contributed by atoms with Crippen LogP contribution in [0.2, 0.25) is 0 Å². The van der Waals surface area contributed by atoms with Crippen LogP contribution in [0.1, 0.15) is 55.0 Å². The van der Waals surface area contributed by atoms with E-state index in [-0.39, 0.29) is 17.9 Å². The fourth-order valence-corrected chi connectivity index (χ4v) is 6.86. The van der Waals surface area contributed by atoms with Crippen LogP contribution in [0.5, 0.6) is 5.75 Å². The van der Waals surface area contributed by atoms with Gasteiger partial charge in [-0.25, -0.2) is 9.79 Å². The highest BCUT2D eigenvalue weighted by atomic mass is 79.9. The molecule has 4 aromatic rings. The van der Waals surface area contributed by atoms with E-state index in [1.165, 1.54) is 11.3 Å². The number of carbonyl (C=O) groups excluding carboxylic acids is 1. The Hall–Kier alpha value is -3.27. The SMILES string of the molecule is CCOC(=O)C1=C(c2ccccc2)N=c2s/c(=C\c3cc(Br)c(O)c(Br)c3)c(=O)n2[C@@H]1c1ccc(C(C)C)cc1. The number of hydrogen-bond donors (Lipinski definition) is 1. The molecule has 0 saturated heterocycles. The third kappa shape index (κ3) is 5.38. The van der Waals surface area contributed by atoms with E-state index >= 15 is 0 Å². The molecule has 6 nitrogen and oxygen atoms in total. The number of hydrogen-bond acceptors (Lipinski definition) is 6. The van der Waals surface area contributed by atoms with Crippen LogP contribution >= 0.6 is 43.2 Å². The van der Waals surface area contributed by atoms with E-state index in [9.17, 15) is 14.7 Å². The van der Waals surface area contributed by atoms with Crippen LogP contribution in [0.4, 0.5) is 0 Å². The topological polar surface area (TPSA) is 80.9 Å². The number of nitrogens with zero attached hydrogens (tertiary/aromatic N) is 2. The number of carbonyl (C=O) groups is 1. The number of ether oxygens (including phenoxy) is 1. The summed E-state index contributed by atoms with van der Waals surface area (Å²) in [6, 6.07) is 20.2. The van der Waals surface area contributed by atoms with Gasteiger partial charge < -0.3 is 9.84 Å². The second-order valence-corrected chi connectivity index (χ2v) is 12.3. The molecule has 5 rings (SSSR count). The molecule has 1 atom stereocenters. The van der Waals surface area contributed by atoms with E-state index in [1.54, 1.807) is 29.7 Å². The lowest BCUT2D eigenvalue weighted by Gasteiger charge is -2.26. The van der Waals surface area contributed by atoms with Crippen LogP contribution in [-0.4, -0.2) is 22.2 Å². The summed E-state index contributed by atoms with van der Waals surface area (Å²) < 4.78 is 8.57. The largest absolute Gasteiger partial charge is 0.506 e. The molecule has 9 heteroatoms. The first-order valence-corrected chi connectivity index (χ1v) is 15.2. The lowest BCUT2D eigenvalue weighted by atomic mass is 9.91. The summed E-state index contributed by atoms with van der Waals surface area (Å²) in [7, 11) is 0. The van der Waals surface area contributed by atoms with Crippen LogP contribution in [0.15, 0.2) is 91.0 Å². The molecule has 1 N–H and O–H groups in total. The monoisotopic (exact) mass is 680 g/mol. The normalized spacial score (nSPS) is 15.2. The van der Waals surface area contributed by atoms with Gasteiger partial charge in [-0.2, -0.15) is 0 Å². The van der Waals surface area contributed by atoms with Gasteiger partial charge in [-0.05, 0) is 79.6 Å². The van der Waals surface area contributed by atoms with Gasteiger partial charge in [-0.3, -0.25) is 9.36 Å². The number of benzene rings is 3. The molecule has 0 spiro atoms. The van der Waals surface area contributed by atoms with Crippen molar-refractivity contribution in [3.8, 4) is 5.75 Å². The fourth-order valence-electron chi connectivity index (χ4n) is 4.64. The van der Waals surface area contributed by atoms with Crippen molar-refractivity contribution in [3.63, 3.8) is 0 Å². The minimum absolute atomic E-state index is 0.0787. The molecule has 40 heavy (non-hydrogen) atoms. The number of phenols is 1. The molecule has 0 radical (unpaired) electrons. The second-order valence-electron chi connectivity index (χ2n) is 9.59. The number of rotatable bonds is 6. The molecule has 204 valence electrons. The first-order valence-electron chi connectivity index (χ1n) is 12.8. The highest BCUT2D eigenvalue weighted by molar-refractivity contribution is 9.11. The zero-order valence-corrected chi connectivity index (χ0v) is 26.0. The molecule has 1 aliphatic rings. The maximum absolute atomic E-state index is 14.0. The van der Waals surface area contributed by atoms with Crippen molar-refractivity contribution in [2.75, 3.05) is 6.61 Å². The Kier molecular flexibility index (Phi) is 8.26. The number of aromatic hydroxyl groups is 1. The number of halogens is 2. The molecule has 0 saturated carbocycles. The first kappa shape index (κ1) is 28.3. The van der Waals surface area contributed by atoms with Gasteiger partial charge in [-0.1, -0.05) is 79.8 Å². The molecule has 1 aliphatic heterocycles. The van der Waals surface area contributed by atoms with Gasteiger partial charge in [0.15, 0.2) is 4.80 Å². The Morgan fingerprint density at radius 3 is 2.35 bits per heavy atom. The standard InChI is InChI=1S/C31H26Br2N2O4S/c1-4-39-30(38)25-26(20-8-6-5-7-9-20)34-31-35(27(25)21-12-10-19(11-13-21)17(2)3)29(37)24(40-31)16-18-14-22(32)28(36)23(33)15-18/h5-17,27,36H,4H2,1-3H3/b24-16-/t27-/m1/s1. The van der Waals surface area contributed by atoms with Crippen molar-refractivity contribution in [2.45, 2.75) is 32.7 Å². The Labute approximate surface area is 252 Å². The Balaban J connectivity index is 1.81. The van der Waals surface area contributed by atoms with Crippen molar-refractivity contribution in [1.29, 1.82) is 0 Å². The summed E-state index contributed by atoms with van der Waals surface area (Å²) in [6.45, 7) is 6.19. The minimum Gasteiger partial charge on any atom is -0.506 e. The summed E-state index contributed by atoms with van der Waals surface area (Å²) in [5, 5.41) is 10.1. The maximum Gasteiger partial charge on any atom is 0.338 e. The zero-order chi connectivity index (χ0) is 28.6. The minimum atomic E-state index is -0.729. The van der Waals surface area contributed by atoms with Gasteiger partial charge >= 0.3 is 5.97 Å². The van der Waals surface area contributed by atoms with Crippen molar-refractivity contribution >= 4 is 60.9 Å². The molecule has 2 heterocycles. The lowest BCUT2D eigenvalue weighted by Crippen LogP contribution is -2.40. The van der Waals surface area contributed by atoms with E-state index in [4.69, 9.17) is 9.73 Å². The van der Waals surface area contributed by atoms with Gasteiger partial charge in [-0.15, -0.1) is 0 Å². The summed E-state index contributed by atoms with van der Waals surface area (Å²) in [4.78, 5) is 33.0. The Morgan fingerprint density at radius 1 is 1.10 bits per heavy atom. The number of aromatic nitrogens is 1. The molecule has 3 aromatic carbocycles. The van der Waals surface area contributed by atoms with Gasteiger partial charge in [0, 0.05) is 5.56 Å². The van der Waals surface area contributed by atoms with Crippen LogP contribution in [0, 0.1) is 0 Å². The van der Waals surface area contributed by atoms with E-state index in [0.717, 1.165) is 16.7 Å². The molecule has 0 bridgehead atoms. The van der Waals surface area contributed by atoms with Crippen molar-refractivity contribution in [1.82, 2.24) is 4.57 Å². The van der Waals surface area contributed by atoms with Gasteiger partial charge in [0.25, 0.3) is 5.56 Å². The van der Waals surface area contributed by atoms with Crippen molar-refractivity contribution in [2.24, 2.45) is 4.99 Å². The molecule has 0 unspecified atom stereocenters. The average Bonchev–Trinajstić information content (AvgIpc) is 3.25. The van der Waals surface area contributed by atoms with Crippen LogP contribution < -0.4 is 14.9 Å². The highest BCUT2D eigenvalue weighted by Crippen LogP contribution is 2.36. The smallest absolute Gasteiger partial charge is 0.338 e. The molecule has 0 amide bonds. The van der Waals surface area contributed by atoms with Crippen LogP contribution in [0.25, 0.3) is 11.8 Å². The number of esters is 1. The molecule has 1 aromatic heterocycles. The first-order chi connectivity index (χ1) is 19.2. The predicted molar refractivity (Wildman–Crippen MR) is 165 cm³/mol. The van der Waals surface area contributed by atoms with Gasteiger partial charge in [0.1, 0.15) is 5.75 Å². The van der Waals surface area contributed by atoms with Crippen molar-refractivity contribution < 1.29 is 14.6 Å². The van der Waals surface area contributed by atoms with Crippen LogP contribution in [0.3, 0.4) is 0 Å². The third-order valence-electron chi connectivity index (χ3n) is 6.63. The summed E-state index contributed by atoms with van der Waals surface area (Å²) in [5.74, 6) is -0.0984. The molecule has 0 fully saturated rings. The third-order valence-corrected chi connectivity index (χ3v) is 8.82. The van der Waals surface area contributed by atoms with E-state index < -0.39 is 12.0 Å². The number of phenolic OH excluding ortho intramolecular Hbond substituents is 1. The predicted octanol–water partition coefficient (Wildman–Crippen LogP) is 6.29. The van der Waals surface area contributed by atoms with Gasteiger partial charge in [0.05, 0.1) is 37.4 Å². The summed E-state index contributed by atoms with van der Waals surface area (Å²) in [5.41, 5.74) is 3.96. The van der Waals surface area contributed by atoms with Gasteiger partial charge in [0.2, 0.25) is 0 Å². The van der Waals surface area contributed by atoms with E-state index in [0.29, 0.717) is 41.0 Å².